The molecular weight excluding hydrogens is 261 g/mol. The van der Waals surface area contributed by atoms with Crippen LogP contribution in [0.25, 0.3) is 0 Å². The normalized spacial score (nSPS) is 10.7. The smallest absolute Gasteiger partial charge is 0.161 e. The molecule has 0 heterocycles. The highest BCUT2D eigenvalue weighted by molar-refractivity contribution is 5.80. The van der Waals surface area contributed by atoms with Gasteiger partial charge in [-0.3, -0.25) is 0 Å². The summed E-state index contributed by atoms with van der Waals surface area (Å²) in [5.41, 5.74) is 1.41. The van der Waals surface area contributed by atoms with E-state index in [0.717, 1.165) is 5.56 Å². The van der Waals surface area contributed by atoms with Gasteiger partial charge in [-0.25, -0.2) is 4.39 Å². The van der Waals surface area contributed by atoms with E-state index in [1.165, 1.54) is 25.5 Å². The first kappa shape index (κ1) is 13.9. The van der Waals surface area contributed by atoms with E-state index >= 15 is 0 Å². The predicted octanol–water partition coefficient (Wildman–Crippen LogP) is 3.22. The Morgan fingerprint density at radius 2 is 2.05 bits per heavy atom. The summed E-state index contributed by atoms with van der Waals surface area (Å²) < 4.78 is 23.9. The molecule has 0 saturated carbocycles. The summed E-state index contributed by atoms with van der Waals surface area (Å²) in [6, 6.07) is 11.3. The molecule has 0 aliphatic rings. The molecule has 1 N–H and O–H groups in total. The van der Waals surface area contributed by atoms with Gasteiger partial charge in [0.2, 0.25) is 0 Å². The van der Waals surface area contributed by atoms with Crippen molar-refractivity contribution in [3.05, 3.63) is 59.4 Å². The van der Waals surface area contributed by atoms with Gasteiger partial charge in [0, 0.05) is 5.56 Å². The van der Waals surface area contributed by atoms with Crippen LogP contribution in [-0.2, 0) is 6.61 Å². The molecular formula is C15H14FNO3. The molecule has 0 atom stereocenters. The Kier molecular flexibility index (Phi) is 4.55. The fraction of sp³-hybridized carbons (Fsp3) is 0.133. The number of oxime groups is 1. The lowest BCUT2D eigenvalue weighted by Crippen LogP contribution is -1.98. The van der Waals surface area contributed by atoms with Crippen LogP contribution in [0.3, 0.4) is 0 Å². The van der Waals surface area contributed by atoms with Crippen molar-refractivity contribution in [2.75, 3.05) is 7.11 Å². The molecule has 0 spiro atoms. The number of ether oxygens (including phenoxy) is 2. The quantitative estimate of drug-likeness (QED) is 0.518. The minimum atomic E-state index is -0.299. The Balaban J connectivity index is 2.13. The third-order valence-corrected chi connectivity index (χ3v) is 2.68. The second-order valence-corrected chi connectivity index (χ2v) is 4.07. The maximum atomic E-state index is 13.1. The van der Waals surface area contributed by atoms with Gasteiger partial charge < -0.3 is 14.7 Å². The summed E-state index contributed by atoms with van der Waals surface area (Å²) in [5, 5.41) is 11.4. The van der Waals surface area contributed by atoms with E-state index < -0.39 is 0 Å². The lowest BCUT2D eigenvalue weighted by Gasteiger charge is -2.11. The third-order valence-electron chi connectivity index (χ3n) is 2.68. The lowest BCUT2D eigenvalue weighted by atomic mass is 10.2. The topological polar surface area (TPSA) is 51.0 Å². The van der Waals surface area contributed by atoms with E-state index in [0.29, 0.717) is 17.1 Å². The molecule has 0 aromatic heterocycles. The van der Waals surface area contributed by atoms with Crippen molar-refractivity contribution in [1.82, 2.24) is 0 Å². The zero-order valence-electron chi connectivity index (χ0n) is 10.9. The number of methoxy groups -OCH3 is 1. The SMILES string of the molecule is COc1cc(/C=N\O)ccc1OCc1cccc(F)c1. The Morgan fingerprint density at radius 3 is 2.75 bits per heavy atom. The molecule has 0 amide bonds. The summed E-state index contributed by atoms with van der Waals surface area (Å²) >= 11 is 0. The number of rotatable bonds is 5. The van der Waals surface area contributed by atoms with Crippen LogP contribution in [0.1, 0.15) is 11.1 Å². The first-order chi connectivity index (χ1) is 9.72. The molecule has 0 radical (unpaired) electrons. The van der Waals surface area contributed by atoms with Crippen LogP contribution < -0.4 is 9.47 Å². The van der Waals surface area contributed by atoms with Crippen molar-refractivity contribution in [2.24, 2.45) is 5.16 Å². The lowest BCUT2D eigenvalue weighted by molar-refractivity contribution is 0.284. The fourth-order valence-electron chi connectivity index (χ4n) is 1.74. The molecule has 2 aromatic carbocycles. The van der Waals surface area contributed by atoms with E-state index in [1.807, 2.05) is 0 Å². The van der Waals surface area contributed by atoms with Crippen molar-refractivity contribution in [3.8, 4) is 11.5 Å². The zero-order valence-corrected chi connectivity index (χ0v) is 10.9. The minimum absolute atomic E-state index is 0.238. The van der Waals surface area contributed by atoms with E-state index in [9.17, 15) is 4.39 Å². The van der Waals surface area contributed by atoms with Crippen LogP contribution in [0.4, 0.5) is 4.39 Å². The molecule has 2 rings (SSSR count). The number of benzene rings is 2. The monoisotopic (exact) mass is 275 g/mol. The van der Waals surface area contributed by atoms with Gasteiger partial charge in [-0.1, -0.05) is 17.3 Å². The van der Waals surface area contributed by atoms with Crippen LogP contribution in [0, 0.1) is 5.82 Å². The summed E-state index contributed by atoms with van der Waals surface area (Å²) in [6.07, 6.45) is 1.29. The van der Waals surface area contributed by atoms with Crippen molar-refractivity contribution in [2.45, 2.75) is 6.61 Å². The molecule has 5 heteroatoms. The number of nitrogens with zero attached hydrogens (tertiary/aromatic N) is 1. The van der Waals surface area contributed by atoms with Crippen LogP contribution in [0.5, 0.6) is 11.5 Å². The molecule has 0 unspecified atom stereocenters. The van der Waals surface area contributed by atoms with Crippen molar-refractivity contribution < 1.29 is 19.1 Å². The Morgan fingerprint density at radius 1 is 1.20 bits per heavy atom. The van der Waals surface area contributed by atoms with Gasteiger partial charge >= 0.3 is 0 Å². The van der Waals surface area contributed by atoms with Gasteiger partial charge in [0.1, 0.15) is 12.4 Å². The van der Waals surface area contributed by atoms with Gasteiger partial charge in [-0.2, -0.15) is 0 Å². The van der Waals surface area contributed by atoms with Gasteiger partial charge in [-0.15, -0.1) is 0 Å². The average molecular weight is 275 g/mol. The fourth-order valence-corrected chi connectivity index (χ4v) is 1.74. The van der Waals surface area contributed by atoms with E-state index in [-0.39, 0.29) is 12.4 Å². The Bertz CT molecular complexity index is 614. The van der Waals surface area contributed by atoms with Crippen molar-refractivity contribution in [3.63, 3.8) is 0 Å². The Hall–Kier alpha value is -2.56. The third kappa shape index (κ3) is 3.47. The highest BCUT2D eigenvalue weighted by Gasteiger charge is 2.06. The number of halogens is 1. The van der Waals surface area contributed by atoms with E-state index in [2.05, 4.69) is 5.16 Å². The molecule has 0 fully saturated rings. The minimum Gasteiger partial charge on any atom is -0.493 e. The Labute approximate surface area is 116 Å². The molecule has 0 aliphatic carbocycles. The van der Waals surface area contributed by atoms with Gasteiger partial charge in [0.05, 0.1) is 13.3 Å². The molecule has 0 bridgehead atoms. The zero-order chi connectivity index (χ0) is 14.4. The van der Waals surface area contributed by atoms with E-state index in [1.54, 1.807) is 30.3 Å². The largest absolute Gasteiger partial charge is 0.493 e. The molecule has 0 saturated heterocycles. The first-order valence-electron chi connectivity index (χ1n) is 5.95. The second-order valence-electron chi connectivity index (χ2n) is 4.07. The second kappa shape index (κ2) is 6.56. The van der Waals surface area contributed by atoms with Crippen molar-refractivity contribution in [1.29, 1.82) is 0 Å². The van der Waals surface area contributed by atoms with Gasteiger partial charge in [-0.05, 0) is 35.9 Å². The van der Waals surface area contributed by atoms with Crippen LogP contribution in [0.2, 0.25) is 0 Å². The highest BCUT2D eigenvalue weighted by Crippen LogP contribution is 2.28. The highest BCUT2D eigenvalue weighted by atomic mass is 19.1. The summed E-state index contributed by atoms with van der Waals surface area (Å²) in [4.78, 5) is 0. The maximum Gasteiger partial charge on any atom is 0.161 e. The molecule has 104 valence electrons. The first-order valence-corrected chi connectivity index (χ1v) is 5.95. The maximum absolute atomic E-state index is 13.1. The average Bonchev–Trinajstić information content (AvgIpc) is 2.46. The number of hydrogen-bond donors (Lipinski definition) is 1. The van der Waals surface area contributed by atoms with Crippen LogP contribution in [-0.4, -0.2) is 18.5 Å². The summed E-state index contributed by atoms with van der Waals surface area (Å²) in [5.74, 6) is 0.748. The van der Waals surface area contributed by atoms with Crippen LogP contribution >= 0.6 is 0 Å². The van der Waals surface area contributed by atoms with Crippen molar-refractivity contribution >= 4 is 6.21 Å². The molecule has 0 aliphatic heterocycles. The summed E-state index contributed by atoms with van der Waals surface area (Å²) in [6.45, 7) is 0.238. The summed E-state index contributed by atoms with van der Waals surface area (Å²) in [7, 11) is 1.52. The molecule has 2 aromatic rings. The number of hydrogen-bond acceptors (Lipinski definition) is 4. The molecule has 4 nitrogen and oxygen atoms in total. The standard InChI is InChI=1S/C15H14FNO3/c1-19-15-8-11(9-17-18)5-6-14(15)20-10-12-3-2-4-13(16)7-12/h2-9,18H,10H2,1H3/b17-9-. The molecule has 20 heavy (non-hydrogen) atoms. The van der Waals surface area contributed by atoms with Gasteiger partial charge in [0.25, 0.3) is 0 Å². The van der Waals surface area contributed by atoms with Gasteiger partial charge in [0.15, 0.2) is 11.5 Å². The van der Waals surface area contributed by atoms with Crippen LogP contribution in [0.15, 0.2) is 47.6 Å². The predicted molar refractivity (Wildman–Crippen MR) is 73.1 cm³/mol. The van der Waals surface area contributed by atoms with E-state index in [4.69, 9.17) is 14.7 Å².